The molecule has 0 radical (unpaired) electrons. The zero-order chi connectivity index (χ0) is 23.3. The first-order valence-electron chi connectivity index (χ1n) is 10.4. The lowest BCUT2D eigenvalue weighted by Crippen LogP contribution is -2.39. The number of fused-ring (bicyclic) bond motifs is 1. The van der Waals surface area contributed by atoms with Gasteiger partial charge < -0.3 is 14.2 Å². The maximum absolute atomic E-state index is 12.7. The van der Waals surface area contributed by atoms with Crippen LogP contribution in [0.25, 0.3) is 0 Å². The van der Waals surface area contributed by atoms with Gasteiger partial charge in [-0.15, -0.1) is 0 Å². The van der Waals surface area contributed by atoms with Crippen LogP contribution in [0.1, 0.15) is 16.8 Å². The Bertz CT molecular complexity index is 1130. The van der Waals surface area contributed by atoms with E-state index in [1.807, 2.05) is 0 Å². The highest BCUT2D eigenvalue weighted by atomic mass is 79.9. The molecule has 0 unspecified atom stereocenters. The Kier molecular flexibility index (Phi) is 5.40. The summed E-state index contributed by atoms with van der Waals surface area (Å²) in [5.74, 6) is -1.49. The van der Waals surface area contributed by atoms with Gasteiger partial charge in [-0.3, -0.25) is 24.5 Å². The number of non-ortho nitro benzene ring substituents is 1. The first kappa shape index (κ1) is 21.6. The van der Waals surface area contributed by atoms with Crippen LogP contribution in [0.4, 0.5) is 5.69 Å². The molecule has 10 heteroatoms. The highest BCUT2D eigenvalue weighted by Gasteiger charge is 2.68. The van der Waals surface area contributed by atoms with Gasteiger partial charge in [0.05, 0.1) is 21.6 Å². The molecule has 0 spiro atoms. The molecule has 1 heterocycles. The highest BCUT2D eigenvalue weighted by molar-refractivity contribution is 9.09. The molecule has 6 atom stereocenters. The van der Waals surface area contributed by atoms with Crippen LogP contribution in [0.15, 0.2) is 48.5 Å². The van der Waals surface area contributed by atoms with Crippen molar-refractivity contribution in [3.05, 3.63) is 64.2 Å². The van der Waals surface area contributed by atoms with Crippen LogP contribution in [0.2, 0.25) is 0 Å². The fourth-order valence-electron chi connectivity index (χ4n) is 5.09. The number of ketones is 1. The number of benzene rings is 2. The number of alkyl halides is 1. The summed E-state index contributed by atoms with van der Waals surface area (Å²) in [4.78, 5) is 47.5. The van der Waals surface area contributed by atoms with Crippen molar-refractivity contribution in [1.29, 1.82) is 0 Å². The minimum atomic E-state index is -0.587. The highest BCUT2D eigenvalue weighted by Crippen LogP contribution is 2.60. The number of esters is 2. The molecular formula is C23H18BrNO8. The van der Waals surface area contributed by atoms with E-state index >= 15 is 0 Å². The number of hydrogen-bond donors (Lipinski definition) is 0. The number of rotatable bonds is 7. The van der Waals surface area contributed by atoms with Crippen LogP contribution < -0.4 is 4.74 Å². The molecule has 2 aromatic rings. The van der Waals surface area contributed by atoms with Gasteiger partial charge in [0, 0.05) is 23.6 Å². The number of nitro benzene ring substituents is 1. The van der Waals surface area contributed by atoms with E-state index in [0.29, 0.717) is 17.1 Å². The summed E-state index contributed by atoms with van der Waals surface area (Å²) in [5.41, 5.74) is 0.296. The van der Waals surface area contributed by atoms with Gasteiger partial charge in [0.2, 0.25) is 0 Å². The Hall–Kier alpha value is -3.27. The first-order valence-corrected chi connectivity index (χ1v) is 11.3. The van der Waals surface area contributed by atoms with Gasteiger partial charge in [0.15, 0.2) is 12.4 Å². The Morgan fingerprint density at radius 2 is 1.70 bits per heavy atom. The van der Waals surface area contributed by atoms with Crippen LogP contribution in [0, 0.1) is 33.8 Å². The second-order valence-corrected chi connectivity index (χ2v) is 9.43. The van der Waals surface area contributed by atoms with Crippen molar-refractivity contribution in [2.45, 2.75) is 17.4 Å². The average molecular weight is 516 g/mol. The van der Waals surface area contributed by atoms with Gasteiger partial charge in [-0.25, -0.2) is 0 Å². The average Bonchev–Trinajstić information content (AvgIpc) is 3.42. The lowest BCUT2D eigenvalue weighted by atomic mass is 9.80. The maximum Gasteiger partial charge on any atom is 0.310 e. The number of Topliss-reactive ketones (excluding diaryl/α,β-unsaturated/α-hetero) is 1. The van der Waals surface area contributed by atoms with Crippen molar-refractivity contribution in [3.8, 4) is 11.5 Å². The molecule has 2 aromatic carbocycles. The number of carbonyl (C=O) groups excluding carboxylic acids is 3. The van der Waals surface area contributed by atoms with E-state index in [2.05, 4.69) is 15.9 Å². The van der Waals surface area contributed by atoms with Gasteiger partial charge in [-0.05, 0) is 48.7 Å². The quantitative estimate of drug-likeness (QED) is 0.180. The van der Waals surface area contributed by atoms with Crippen LogP contribution in [-0.4, -0.2) is 40.2 Å². The van der Waals surface area contributed by atoms with Crippen molar-refractivity contribution >= 4 is 39.3 Å². The summed E-state index contributed by atoms with van der Waals surface area (Å²) in [6.07, 6.45) is 0.561. The van der Waals surface area contributed by atoms with Crippen molar-refractivity contribution in [2.24, 2.45) is 23.7 Å². The summed E-state index contributed by atoms with van der Waals surface area (Å²) < 4.78 is 16.3. The van der Waals surface area contributed by atoms with Crippen LogP contribution in [-0.2, 0) is 19.1 Å². The summed E-state index contributed by atoms with van der Waals surface area (Å²) in [7, 11) is 0. The van der Waals surface area contributed by atoms with Gasteiger partial charge in [-0.2, -0.15) is 0 Å². The molecule has 2 bridgehead atoms. The molecule has 2 saturated carbocycles. The zero-order valence-electron chi connectivity index (χ0n) is 17.1. The Labute approximate surface area is 196 Å². The molecule has 3 aliphatic rings. The summed E-state index contributed by atoms with van der Waals surface area (Å²) in [6.45, 7) is -0.423. The molecule has 0 amide bonds. The van der Waals surface area contributed by atoms with Crippen molar-refractivity contribution in [1.82, 2.24) is 0 Å². The molecule has 0 aromatic heterocycles. The smallest absolute Gasteiger partial charge is 0.310 e. The monoisotopic (exact) mass is 515 g/mol. The topological polar surface area (TPSA) is 122 Å². The van der Waals surface area contributed by atoms with E-state index in [9.17, 15) is 24.5 Å². The third-order valence-electron chi connectivity index (χ3n) is 6.60. The minimum absolute atomic E-state index is 0.0309. The SMILES string of the molecule is O=C(COC(=O)[C@@H]1[C@H]2C[C@H]3[C@H](OC(=O)[C@H]31)[C@@H]2Br)c1ccc(Oc2ccc([N+](=O)[O-])cc2)cc1. The van der Waals surface area contributed by atoms with Crippen LogP contribution >= 0.6 is 15.9 Å². The molecular weight excluding hydrogens is 498 g/mol. The molecule has 9 nitrogen and oxygen atoms in total. The largest absolute Gasteiger partial charge is 0.461 e. The van der Waals surface area contributed by atoms with Crippen molar-refractivity contribution < 1.29 is 33.5 Å². The van der Waals surface area contributed by atoms with E-state index < -0.39 is 29.3 Å². The lowest BCUT2D eigenvalue weighted by molar-refractivity contribution is -0.384. The molecule has 1 saturated heterocycles. The van der Waals surface area contributed by atoms with Gasteiger partial charge in [0.25, 0.3) is 5.69 Å². The third-order valence-corrected chi connectivity index (χ3v) is 7.80. The summed E-state index contributed by atoms with van der Waals surface area (Å²) in [6, 6.07) is 11.9. The number of halogens is 1. The number of ether oxygens (including phenoxy) is 3. The zero-order valence-corrected chi connectivity index (χ0v) is 18.7. The van der Waals surface area contributed by atoms with Crippen LogP contribution in [0.3, 0.4) is 0 Å². The number of carbonyl (C=O) groups is 3. The Morgan fingerprint density at radius 3 is 2.33 bits per heavy atom. The normalized spacial score (nSPS) is 28.9. The Morgan fingerprint density at radius 1 is 1.06 bits per heavy atom. The van der Waals surface area contributed by atoms with Gasteiger partial charge in [0.1, 0.15) is 17.6 Å². The molecule has 2 aliphatic carbocycles. The first-order chi connectivity index (χ1) is 15.8. The van der Waals surface area contributed by atoms with Crippen molar-refractivity contribution in [3.63, 3.8) is 0 Å². The van der Waals surface area contributed by atoms with E-state index in [0.717, 1.165) is 6.42 Å². The standard InChI is InChI=1S/C23H18BrNO8/c24-20-15-9-16-19(23(28)33-21(16)20)18(15)22(27)31-10-17(26)11-1-5-13(6-2-11)32-14-7-3-12(4-8-14)25(29)30/h1-8,15-16,18-21H,9-10H2/t15-,16-,18-,19-,20-,21+/m1/s1. The van der Waals surface area contributed by atoms with Gasteiger partial charge >= 0.3 is 11.9 Å². The second-order valence-electron chi connectivity index (χ2n) is 8.37. The minimum Gasteiger partial charge on any atom is -0.461 e. The van der Waals surface area contributed by atoms with Crippen molar-refractivity contribution in [2.75, 3.05) is 6.61 Å². The lowest BCUT2D eigenvalue weighted by Gasteiger charge is -2.26. The molecule has 0 N–H and O–H groups in total. The number of nitrogens with zero attached hydrogens (tertiary/aromatic N) is 1. The third kappa shape index (κ3) is 3.78. The fraction of sp³-hybridized carbons (Fsp3) is 0.348. The van der Waals surface area contributed by atoms with Gasteiger partial charge in [-0.1, -0.05) is 15.9 Å². The number of hydrogen-bond acceptors (Lipinski definition) is 8. The molecule has 1 aliphatic heterocycles. The number of nitro groups is 1. The summed E-state index contributed by atoms with van der Waals surface area (Å²) in [5, 5.41) is 10.7. The molecule has 5 rings (SSSR count). The second kappa shape index (κ2) is 8.26. The molecule has 33 heavy (non-hydrogen) atoms. The fourth-order valence-corrected chi connectivity index (χ4v) is 6.14. The molecule has 170 valence electrons. The van der Waals surface area contributed by atoms with Crippen LogP contribution in [0.5, 0.6) is 11.5 Å². The maximum atomic E-state index is 12.7. The van der Waals surface area contributed by atoms with E-state index in [-0.39, 0.29) is 40.2 Å². The van der Waals surface area contributed by atoms with E-state index in [4.69, 9.17) is 14.2 Å². The Balaban J connectivity index is 1.17. The predicted octanol–water partition coefficient (Wildman–Crippen LogP) is 3.68. The molecule has 3 fully saturated rings. The van der Waals surface area contributed by atoms with E-state index in [1.165, 1.54) is 24.3 Å². The summed E-state index contributed by atoms with van der Waals surface area (Å²) >= 11 is 3.55. The van der Waals surface area contributed by atoms with E-state index in [1.54, 1.807) is 24.3 Å². The predicted molar refractivity (Wildman–Crippen MR) is 116 cm³/mol.